The average molecular weight is 100 g/mol. The molecule has 0 aliphatic rings. The predicted octanol–water partition coefficient (Wildman–Crippen LogP) is -7.75. The molecule has 0 fully saturated rings. The fraction of sp³-hybridized carbons (Fsp3) is 0. The van der Waals surface area contributed by atoms with Gasteiger partial charge in [-0.3, -0.25) is 0 Å². The van der Waals surface area contributed by atoms with Crippen LogP contribution in [-0.4, -0.2) is 26.3 Å². The molecule has 0 spiro atoms. The van der Waals surface area contributed by atoms with Crippen molar-refractivity contribution >= 4 is 16.6 Å². The van der Waals surface area contributed by atoms with E-state index in [-0.39, 0.29) is 14.9 Å². The van der Waals surface area contributed by atoms with Gasteiger partial charge in [-0.05, 0) is 0 Å². The molecular formula is H3AlF2O2. The van der Waals surface area contributed by atoms with E-state index in [2.05, 4.69) is 0 Å². The molecule has 0 radical (unpaired) electrons. The van der Waals surface area contributed by atoms with Gasteiger partial charge in [0.2, 0.25) is 0 Å². The van der Waals surface area contributed by atoms with Gasteiger partial charge in [0.05, 0.1) is 0 Å². The third-order valence-electron chi connectivity index (χ3n) is 0. The number of rotatable bonds is 0. The number of hydrogen-bond donors (Lipinski definition) is 1. The summed E-state index contributed by atoms with van der Waals surface area (Å²) in [5, 5.41) is 0. The van der Waals surface area contributed by atoms with Crippen molar-refractivity contribution in [3.8, 4) is 0 Å². The molecule has 0 aromatic carbocycles. The van der Waals surface area contributed by atoms with Crippen LogP contribution in [0.3, 0.4) is 0 Å². The molecule has 0 aromatic rings. The van der Waals surface area contributed by atoms with Crippen molar-refractivity contribution in [2.75, 3.05) is 0 Å². The zero-order valence-corrected chi connectivity index (χ0v) is 3.44. The second-order valence-electron chi connectivity index (χ2n) is 0. The van der Waals surface area contributed by atoms with Crippen molar-refractivity contribution in [1.29, 1.82) is 0 Å². The molecule has 32 valence electrons. The summed E-state index contributed by atoms with van der Waals surface area (Å²) >= 11 is 1.42. The van der Waals surface area contributed by atoms with Crippen molar-refractivity contribution < 1.29 is 19.0 Å². The monoisotopic (exact) mass is 100.0 g/mol. The third-order valence-corrected chi connectivity index (χ3v) is 0. The predicted molar refractivity (Wildman–Crippen MR) is 11.6 cm³/mol. The Morgan fingerprint density at radius 2 is 1.00 bits per heavy atom. The van der Waals surface area contributed by atoms with Gasteiger partial charge in [-0.2, -0.15) is 0 Å². The Bertz CT molecular complexity index is 7.61. The molecule has 2 nitrogen and oxygen atoms in total. The van der Waals surface area contributed by atoms with Gasteiger partial charge in [-0.25, -0.2) is 0 Å². The molecule has 0 unspecified atom stereocenters. The van der Waals surface area contributed by atoms with Crippen molar-refractivity contribution in [2.24, 2.45) is 0 Å². The molecule has 0 aromatic heterocycles. The van der Waals surface area contributed by atoms with E-state index >= 15 is 0 Å². The Labute approximate surface area is 36.6 Å². The van der Waals surface area contributed by atoms with Crippen LogP contribution in [0.1, 0.15) is 0 Å². The Morgan fingerprint density at radius 1 is 1.00 bits per heavy atom. The summed E-state index contributed by atoms with van der Waals surface area (Å²) in [5.41, 5.74) is 0. The first kappa shape index (κ1) is 57.4. The normalized spacial score (nSPS) is 1.40. The molecule has 0 aliphatic carbocycles. The first-order valence-electron chi connectivity index (χ1n) is 0.258. The molecule has 0 rings (SSSR count). The van der Waals surface area contributed by atoms with Crippen LogP contribution in [0.2, 0.25) is 0 Å². The molecule has 5 heteroatoms. The molecule has 0 atom stereocenters. The van der Waals surface area contributed by atoms with Gasteiger partial charge in [-0.15, -0.1) is 0 Å². The average Bonchev–Trinajstić information content (AvgIpc) is 1.00. The van der Waals surface area contributed by atoms with Crippen molar-refractivity contribution in [3.05, 3.63) is 0 Å². The van der Waals surface area contributed by atoms with Crippen molar-refractivity contribution in [2.45, 2.75) is 0 Å². The fourth-order valence-corrected chi connectivity index (χ4v) is 0. The van der Waals surface area contributed by atoms with Crippen molar-refractivity contribution in [3.63, 3.8) is 0 Å². The van der Waals surface area contributed by atoms with Crippen LogP contribution in [-0.2, 0) is 0 Å². The van der Waals surface area contributed by atoms with E-state index in [0.717, 1.165) is 0 Å². The fourth-order valence-electron chi connectivity index (χ4n) is 0. The van der Waals surface area contributed by atoms with E-state index in [1.807, 2.05) is 0 Å². The van der Waals surface area contributed by atoms with E-state index in [9.17, 15) is 0 Å². The van der Waals surface area contributed by atoms with Crippen LogP contribution >= 0.6 is 0 Å². The van der Waals surface area contributed by atoms with Crippen LogP contribution in [0.4, 0.5) is 0 Å². The molecule has 0 heterocycles. The Hall–Kier alpha value is 0.312. The Morgan fingerprint density at radius 3 is 1.00 bits per heavy atom. The number of halogens is 2. The second-order valence-corrected chi connectivity index (χ2v) is 0. The summed E-state index contributed by atoms with van der Waals surface area (Å²) in [6.45, 7) is 0. The molecule has 5 heavy (non-hydrogen) atoms. The summed E-state index contributed by atoms with van der Waals surface area (Å²) < 4.78 is 6.92. The topological polar surface area (TPSA) is 51.7 Å². The summed E-state index contributed by atoms with van der Waals surface area (Å²) in [5.74, 6) is 0. The zero-order chi connectivity index (χ0) is 2.00. The maximum absolute atomic E-state index is 6.92. The molecule has 0 bridgehead atoms. The quantitative estimate of drug-likeness (QED) is 0.302. The van der Waals surface area contributed by atoms with Crippen LogP contribution in [0.15, 0.2) is 0 Å². The number of hydrogen-bond acceptors (Lipinski definition) is 1. The summed E-state index contributed by atoms with van der Waals surface area (Å²) in [6, 6.07) is 0. The summed E-state index contributed by atoms with van der Waals surface area (Å²) in [7, 11) is 0. The van der Waals surface area contributed by atoms with Gasteiger partial charge in [0.1, 0.15) is 0 Å². The van der Waals surface area contributed by atoms with Crippen LogP contribution in [0, 0.1) is 0 Å². The molecule has 0 amide bonds. The third kappa shape index (κ3) is 236. The van der Waals surface area contributed by atoms with Crippen LogP contribution in [0.5, 0.6) is 0 Å². The van der Waals surface area contributed by atoms with Crippen molar-refractivity contribution in [1.82, 2.24) is 0 Å². The zero-order valence-electron chi connectivity index (χ0n) is 2.28. The Kier molecular flexibility index (Phi) is 5560. The standard InChI is InChI=1S/Al.2FH.2H2O/h;2*1H;2*1H2/q+3;;;;/p-3. The van der Waals surface area contributed by atoms with Gasteiger partial charge >= 0.3 is 20.8 Å². The molecule has 0 aliphatic heterocycles. The molecule has 0 saturated heterocycles. The first-order valence-corrected chi connectivity index (χ1v) is 0.775. The van der Waals surface area contributed by atoms with E-state index in [1.165, 1.54) is 16.6 Å². The van der Waals surface area contributed by atoms with Gasteiger partial charge in [0, 0.05) is 0 Å². The SMILES string of the molecule is O.[F-].[F-].[OH][Al+2]. The first-order chi connectivity index (χ1) is 1.00. The van der Waals surface area contributed by atoms with E-state index < -0.39 is 0 Å². The second kappa shape index (κ2) is 485. The van der Waals surface area contributed by atoms with Gasteiger partial charge in [0.15, 0.2) is 0 Å². The Balaban J connectivity index is -0.00000000167. The van der Waals surface area contributed by atoms with E-state index in [4.69, 9.17) is 4.16 Å². The van der Waals surface area contributed by atoms with E-state index in [0.29, 0.717) is 0 Å². The maximum atomic E-state index is 6.92. The molecular weight excluding hydrogens is 97.0 g/mol. The summed E-state index contributed by atoms with van der Waals surface area (Å²) in [6.07, 6.45) is 0. The van der Waals surface area contributed by atoms with Gasteiger partial charge in [0.25, 0.3) is 0 Å². The molecule has 0 saturated carbocycles. The van der Waals surface area contributed by atoms with Crippen LogP contribution < -0.4 is 9.41 Å². The minimum absolute atomic E-state index is 0. The van der Waals surface area contributed by atoms with E-state index in [1.54, 1.807) is 0 Å². The molecule has 3 N–H and O–H groups in total. The summed E-state index contributed by atoms with van der Waals surface area (Å²) in [4.78, 5) is 0. The minimum atomic E-state index is 0. The van der Waals surface area contributed by atoms with Gasteiger partial charge in [-0.1, -0.05) is 0 Å². The van der Waals surface area contributed by atoms with Crippen LogP contribution in [0.25, 0.3) is 0 Å². The van der Waals surface area contributed by atoms with Gasteiger partial charge < -0.3 is 14.9 Å².